The van der Waals surface area contributed by atoms with Crippen molar-refractivity contribution < 1.29 is 4.74 Å². The molecule has 148 valence electrons. The molecule has 0 unspecified atom stereocenters. The van der Waals surface area contributed by atoms with E-state index in [0.29, 0.717) is 4.20 Å². The highest BCUT2D eigenvalue weighted by Crippen LogP contribution is 2.16. The Morgan fingerprint density at radius 3 is 1.58 bits per heavy atom. The standard InChI is InChI=1S/C23H38OS2/c1-2-3-4-5-6-7-8-9-10-11-12-13-14-15-20-24-22-18-16-21(17-19-22)23(25)26/h16-19H,2-15,20H2,1H3,(H,25,26). The second-order valence-electron chi connectivity index (χ2n) is 7.27. The number of hydrogen-bond donors (Lipinski definition) is 1. The van der Waals surface area contributed by atoms with Gasteiger partial charge in [-0.1, -0.05) is 103 Å². The first kappa shape index (κ1) is 23.5. The van der Waals surface area contributed by atoms with Crippen LogP contribution >= 0.6 is 24.8 Å². The molecule has 26 heavy (non-hydrogen) atoms. The van der Waals surface area contributed by atoms with Gasteiger partial charge in [0, 0.05) is 0 Å². The SMILES string of the molecule is CCCCCCCCCCCCCCCCOc1ccc(C(=S)S)cc1. The van der Waals surface area contributed by atoms with Gasteiger partial charge in [0.05, 0.1) is 10.8 Å². The summed E-state index contributed by atoms with van der Waals surface area (Å²) in [6.45, 7) is 3.09. The largest absolute Gasteiger partial charge is 0.494 e. The van der Waals surface area contributed by atoms with Crippen LogP contribution in [0.15, 0.2) is 24.3 Å². The minimum atomic E-state index is 0.628. The van der Waals surface area contributed by atoms with Crippen LogP contribution in [-0.2, 0) is 0 Å². The van der Waals surface area contributed by atoms with E-state index in [2.05, 4.69) is 19.6 Å². The molecule has 0 amide bonds. The van der Waals surface area contributed by atoms with E-state index in [1.165, 1.54) is 83.5 Å². The molecular formula is C23H38OS2. The normalized spacial score (nSPS) is 10.8. The summed E-state index contributed by atoms with van der Waals surface area (Å²) in [5.41, 5.74) is 0.979. The Labute approximate surface area is 172 Å². The van der Waals surface area contributed by atoms with Crippen LogP contribution in [0.5, 0.6) is 5.75 Å². The number of rotatable bonds is 17. The van der Waals surface area contributed by atoms with Crippen LogP contribution < -0.4 is 4.74 Å². The molecule has 1 rings (SSSR count). The lowest BCUT2D eigenvalue weighted by Gasteiger charge is -2.07. The van der Waals surface area contributed by atoms with Crippen LogP contribution in [0.4, 0.5) is 0 Å². The minimum absolute atomic E-state index is 0.628. The molecule has 0 atom stereocenters. The van der Waals surface area contributed by atoms with Crippen molar-refractivity contribution in [3.63, 3.8) is 0 Å². The predicted octanol–water partition coefficient (Wildman–Crippen LogP) is 8.15. The molecule has 0 saturated carbocycles. The van der Waals surface area contributed by atoms with E-state index in [9.17, 15) is 0 Å². The lowest BCUT2D eigenvalue weighted by molar-refractivity contribution is 0.304. The molecule has 1 aromatic carbocycles. The van der Waals surface area contributed by atoms with E-state index >= 15 is 0 Å². The molecule has 0 aliphatic rings. The van der Waals surface area contributed by atoms with Crippen LogP contribution in [0.2, 0.25) is 0 Å². The van der Waals surface area contributed by atoms with Crippen LogP contribution in [0.25, 0.3) is 0 Å². The predicted molar refractivity (Wildman–Crippen MR) is 123 cm³/mol. The lowest BCUT2D eigenvalue weighted by atomic mass is 10.0. The van der Waals surface area contributed by atoms with Gasteiger partial charge in [-0.2, -0.15) is 0 Å². The zero-order chi connectivity index (χ0) is 18.9. The average Bonchev–Trinajstić information content (AvgIpc) is 2.65. The first-order chi connectivity index (χ1) is 12.7. The van der Waals surface area contributed by atoms with Crippen molar-refractivity contribution in [3.05, 3.63) is 29.8 Å². The Bertz CT molecular complexity index is 456. The maximum atomic E-state index is 5.78. The van der Waals surface area contributed by atoms with Gasteiger partial charge in [0.25, 0.3) is 0 Å². The number of benzene rings is 1. The quantitative estimate of drug-likeness (QED) is 0.162. The van der Waals surface area contributed by atoms with E-state index in [0.717, 1.165) is 24.3 Å². The Hall–Kier alpha value is -0.540. The number of thiocarbonyl (C=S) groups is 1. The van der Waals surface area contributed by atoms with Gasteiger partial charge in [0.15, 0.2) is 0 Å². The smallest absolute Gasteiger partial charge is 0.119 e. The summed E-state index contributed by atoms with van der Waals surface area (Å²) in [7, 11) is 0. The monoisotopic (exact) mass is 394 g/mol. The highest BCUT2D eigenvalue weighted by atomic mass is 32.1. The molecule has 0 spiro atoms. The van der Waals surface area contributed by atoms with E-state index in [4.69, 9.17) is 17.0 Å². The number of thiol groups is 1. The van der Waals surface area contributed by atoms with Gasteiger partial charge in [-0.25, -0.2) is 0 Å². The first-order valence-corrected chi connectivity index (χ1v) is 11.6. The average molecular weight is 395 g/mol. The van der Waals surface area contributed by atoms with Crippen molar-refractivity contribution in [1.82, 2.24) is 0 Å². The van der Waals surface area contributed by atoms with Gasteiger partial charge < -0.3 is 4.74 Å². The molecule has 0 bridgehead atoms. The van der Waals surface area contributed by atoms with E-state index in [1.54, 1.807) is 0 Å². The molecule has 0 aliphatic carbocycles. The van der Waals surface area contributed by atoms with Crippen LogP contribution in [-0.4, -0.2) is 10.8 Å². The molecule has 0 aromatic heterocycles. The van der Waals surface area contributed by atoms with Gasteiger partial charge in [0.2, 0.25) is 0 Å². The highest BCUT2D eigenvalue weighted by Gasteiger charge is 1.98. The molecule has 1 aromatic rings. The van der Waals surface area contributed by atoms with Gasteiger partial charge in [0.1, 0.15) is 5.75 Å². The molecule has 0 saturated heterocycles. The fourth-order valence-corrected chi connectivity index (χ4v) is 3.47. The Kier molecular flexibility index (Phi) is 15.0. The summed E-state index contributed by atoms with van der Waals surface area (Å²) in [6, 6.07) is 7.88. The van der Waals surface area contributed by atoms with Crippen LogP contribution in [0.3, 0.4) is 0 Å². The maximum absolute atomic E-state index is 5.78. The van der Waals surface area contributed by atoms with Crippen molar-refractivity contribution in [3.8, 4) is 5.75 Å². The Balaban J connectivity index is 1.83. The van der Waals surface area contributed by atoms with Gasteiger partial charge >= 0.3 is 0 Å². The van der Waals surface area contributed by atoms with Gasteiger partial charge in [-0.3, -0.25) is 0 Å². The molecule has 0 N–H and O–H groups in total. The number of ether oxygens (including phenoxy) is 1. The minimum Gasteiger partial charge on any atom is -0.494 e. The van der Waals surface area contributed by atoms with Gasteiger partial charge in [-0.15, -0.1) is 12.6 Å². The van der Waals surface area contributed by atoms with Crippen molar-refractivity contribution in [1.29, 1.82) is 0 Å². The van der Waals surface area contributed by atoms with E-state index < -0.39 is 0 Å². The van der Waals surface area contributed by atoms with Crippen LogP contribution in [0.1, 0.15) is 102 Å². The highest BCUT2D eigenvalue weighted by molar-refractivity contribution is 8.11. The molecular weight excluding hydrogens is 356 g/mol. The zero-order valence-corrected chi connectivity index (χ0v) is 18.4. The van der Waals surface area contributed by atoms with Crippen molar-refractivity contribution in [2.75, 3.05) is 6.61 Å². The fourth-order valence-electron chi connectivity index (χ4n) is 3.18. The van der Waals surface area contributed by atoms with E-state index in [1.807, 2.05) is 24.3 Å². The second kappa shape index (κ2) is 16.6. The summed E-state index contributed by atoms with van der Waals surface area (Å²) in [5.74, 6) is 0.924. The third kappa shape index (κ3) is 12.8. The van der Waals surface area contributed by atoms with Crippen molar-refractivity contribution in [2.24, 2.45) is 0 Å². The molecule has 3 heteroatoms. The fraction of sp³-hybridized carbons (Fsp3) is 0.696. The number of hydrogen-bond acceptors (Lipinski definition) is 2. The third-order valence-electron chi connectivity index (χ3n) is 4.87. The number of unbranched alkanes of at least 4 members (excludes halogenated alkanes) is 13. The van der Waals surface area contributed by atoms with E-state index in [-0.39, 0.29) is 0 Å². The molecule has 0 radical (unpaired) electrons. The third-order valence-corrected chi connectivity index (χ3v) is 5.36. The first-order valence-electron chi connectivity index (χ1n) is 10.7. The summed E-state index contributed by atoms with van der Waals surface area (Å²) < 4.78 is 6.41. The summed E-state index contributed by atoms with van der Waals surface area (Å²) in [4.78, 5) is 0. The van der Waals surface area contributed by atoms with Crippen molar-refractivity contribution >= 4 is 29.0 Å². The molecule has 0 fully saturated rings. The summed E-state index contributed by atoms with van der Waals surface area (Å²) >= 11 is 9.21. The Morgan fingerprint density at radius 1 is 0.731 bits per heavy atom. The van der Waals surface area contributed by atoms with Crippen LogP contribution in [0, 0.1) is 0 Å². The molecule has 0 heterocycles. The maximum Gasteiger partial charge on any atom is 0.119 e. The molecule has 1 nitrogen and oxygen atoms in total. The molecule has 0 aliphatic heterocycles. The zero-order valence-electron chi connectivity index (χ0n) is 16.7. The summed E-state index contributed by atoms with van der Waals surface area (Å²) in [6.07, 6.45) is 19.4. The topological polar surface area (TPSA) is 9.23 Å². The second-order valence-corrected chi connectivity index (χ2v) is 8.43. The van der Waals surface area contributed by atoms with Gasteiger partial charge in [-0.05, 0) is 36.2 Å². The Morgan fingerprint density at radius 2 is 1.15 bits per heavy atom. The lowest BCUT2D eigenvalue weighted by Crippen LogP contribution is -1.97. The summed E-state index contributed by atoms with van der Waals surface area (Å²) in [5, 5.41) is 0. The van der Waals surface area contributed by atoms with Crippen molar-refractivity contribution in [2.45, 2.75) is 96.8 Å².